The van der Waals surface area contributed by atoms with Crippen LogP contribution < -0.4 is 55.3 Å². The fraction of sp³-hybridized carbons (Fsp3) is 0.432. The van der Waals surface area contributed by atoms with E-state index in [-0.39, 0.29) is 89.9 Å². The molecule has 1 aromatic heterocycles. The number of ether oxygens (including phenoxy) is 5. The number of aliphatic hydroxyl groups is 1. The zero-order valence-electron chi connectivity index (χ0n) is 57.5. The summed E-state index contributed by atoms with van der Waals surface area (Å²) in [5.41, 5.74) is 6.46. The van der Waals surface area contributed by atoms with Crippen LogP contribution in [0.15, 0.2) is 102 Å². The number of hydrogen-bond donors (Lipinski definition) is 7. The summed E-state index contributed by atoms with van der Waals surface area (Å²) in [5, 5.41) is 36.5. The number of anilines is 3. The van der Waals surface area contributed by atoms with Crippen molar-refractivity contribution in [2.24, 2.45) is 21.7 Å². The normalized spacial score (nSPS) is 18.8. The second-order valence-corrected chi connectivity index (χ2v) is 27.8. The number of unbranched alkanes of at least 4 members (excludes halogenated alkanes) is 2. The maximum Gasteiger partial charge on any atom is 0.416 e. The number of fused-ring (bicyclic) bond motifs is 9. The highest BCUT2D eigenvalue weighted by Gasteiger charge is 2.58. The average Bonchev–Trinajstić information content (AvgIpc) is 1.59. The van der Waals surface area contributed by atoms with Crippen molar-refractivity contribution in [1.29, 1.82) is 0 Å². The van der Waals surface area contributed by atoms with Crippen molar-refractivity contribution in [3.63, 3.8) is 0 Å². The predicted molar refractivity (Wildman–Crippen MR) is 373 cm³/mol. The summed E-state index contributed by atoms with van der Waals surface area (Å²) in [5.74, 6) is -2.91. The van der Waals surface area contributed by atoms with Crippen LogP contribution in [-0.4, -0.2) is 174 Å². The Bertz CT molecular complexity index is 4300. The summed E-state index contributed by atoms with van der Waals surface area (Å²) >= 11 is 0. The van der Waals surface area contributed by atoms with Crippen LogP contribution in [0, 0.1) is 16.7 Å². The first-order valence-corrected chi connectivity index (χ1v) is 34.6. The van der Waals surface area contributed by atoms with Crippen LogP contribution in [0.1, 0.15) is 123 Å². The van der Waals surface area contributed by atoms with E-state index < -0.39 is 79.0 Å². The van der Waals surface area contributed by atoms with Crippen LogP contribution >= 0.6 is 0 Å². The van der Waals surface area contributed by atoms with E-state index in [0.717, 1.165) is 54.7 Å². The second-order valence-electron chi connectivity index (χ2n) is 27.8. The van der Waals surface area contributed by atoms with Crippen molar-refractivity contribution in [2.45, 2.75) is 135 Å². The number of rotatable bonds is 25. The largest absolute Gasteiger partial charge is 0.493 e. The molecule has 2 aliphatic carbocycles. The molecule has 0 unspecified atom stereocenters. The Balaban J connectivity index is 0.556. The number of para-hydroxylation sites is 1. The molecule has 2 saturated carbocycles. The standard InChI is InChI=1S/C74H83N13O15/c1-42(2)64(80-62(90)37-77-61(89)36-76-60(88)21-22-63(91)84-38-45-13-7-8-14-48(45)65-66(82-83-81-65)49-15-9-10-16-53(49)84)68(93)78-43(3)67(92)79-46-19-17-44(18-20-46)39-102-72(97)87-54-32-59(57(99-5)30-51(54)70(95)86-41-74(25-26-74)34-55(86)71(87)96)101-28-12-6-11-27-100-58-31-52-50(29-56(58)98-4)69(94)85-40-73(23-24-73)33-47(85)35-75-52/h7-10,13-20,29-32,35,42-43,47,55,64,71,96H,6,11-12,21-28,33-34,36-41H2,1-5H3,(H,76,88)(H,77,89)(H,78,93)(H,79,92)(H,80,90)(H,81,82,83)/t43-,47-,55-,64-,71-/m0/s1. The molecule has 5 atom stereocenters. The van der Waals surface area contributed by atoms with Crippen LogP contribution in [0.3, 0.4) is 0 Å². The molecule has 6 aromatic rings. The van der Waals surface area contributed by atoms with Gasteiger partial charge in [-0.05, 0) is 123 Å². The van der Waals surface area contributed by atoms with E-state index in [9.17, 15) is 48.3 Å². The van der Waals surface area contributed by atoms with E-state index in [4.69, 9.17) is 28.7 Å². The molecule has 4 fully saturated rings. The van der Waals surface area contributed by atoms with Gasteiger partial charge in [0.1, 0.15) is 30.1 Å². The number of aliphatic imine (C=N–C) groups is 1. The first-order chi connectivity index (χ1) is 49.2. The van der Waals surface area contributed by atoms with E-state index in [1.54, 1.807) is 67.2 Å². The zero-order valence-corrected chi connectivity index (χ0v) is 57.5. The van der Waals surface area contributed by atoms with Crippen molar-refractivity contribution in [3.05, 3.63) is 119 Å². The minimum atomic E-state index is -1.47. The summed E-state index contributed by atoms with van der Waals surface area (Å²) in [7, 11) is 3.00. The molecular formula is C74H83N13O15. The summed E-state index contributed by atoms with van der Waals surface area (Å²) in [6.45, 7) is 5.59. The number of hydrogen-bond acceptors (Lipinski definition) is 18. The van der Waals surface area contributed by atoms with Crippen molar-refractivity contribution in [3.8, 4) is 45.5 Å². The van der Waals surface area contributed by atoms with Crippen molar-refractivity contribution in [2.75, 3.05) is 68.7 Å². The van der Waals surface area contributed by atoms with Crippen molar-refractivity contribution < 1.29 is 71.9 Å². The van der Waals surface area contributed by atoms with Gasteiger partial charge in [-0.15, -0.1) is 0 Å². The van der Waals surface area contributed by atoms with Gasteiger partial charge in [0.15, 0.2) is 29.2 Å². The summed E-state index contributed by atoms with van der Waals surface area (Å²) in [4.78, 5) is 133. The third kappa shape index (κ3) is 14.8. The molecule has 0 bridgehead atoms. The Labute approximate surface area is 588 Å². The lowest BCUT2D eigenvalue weighted by atomic mass is 9.95. The first kappa shape index (κ1) is 69.6. The van der Waals surface area contributed by atoms with E-state index in [1.165, 1.54) is 26.2 Å². The lowest BCUT2D eigenvalue weighted by Gasteiger charge is -2.31. The Morgan fingerprint density at radius 1 is 0.647 bits per heavy atom. The SMILES string of the molecule is COc1cc2c(cc1OCCCCCOc1cc3c(cc1OC)C(=O)N1CC4(CC4)C[C@H]1[C@H](O)N3C(=O)OCc1ccc(NC(=O)[C@H](C)NC(=O)[C@@H](NC(=O)CNC(=O)CNC(=O)CCC(=O)N3Cc4ccccc4-c4n[nH]nc4-c4ccccc43)C(C)C)cc1)N=C[C@@H]1CC3(CC3)CN1C2=O. The van der Waals surface area contributed by atoms with Gasteiger partial charge in [0, 0.05) is 61.1 Å². The molecule has 28 nitrogen and oxygen atoms in total. The minimum Gasteiger partial charge on any atom is -0.493 e. The van der Waals surface area contributed by atoms with Crippen LogP contribution in [0.5, 0.6) is 23.0 Å². The lowest BCUT2D eigenvalue weighted by molar-refractivity contribution is -0.132. The number of nitrogens with zero attached hydrogens (tertiary/aromatic N) is 7. The molecule has 13 rings (SSSR count). The Morgan fingerprint density at radius 3 is 1.98 bits per heavy atom. The smallest absolute Gasteiger partial charge is 0.416 e. The molecule has 9 amide bonds. The Kier molecular flexibility index (Phi) is 20.0. The number of carbonyl (C=O) groups excluding carboxylic acids is 9. The number of benzene rings is 5. The first-order valence-electron chi connectivity index (χ1n) is 34.6. The second kappa shape index (κ2) is 29.4. The molecule has 7 N–H and O–H groups in total. The highest BCUT2D eigenvalue weighted by Crippen LogP contribution is 2.58. The molecule has 28 heteroatoms. The molecule has 2 saturated heterocycles. The maximum absolute atomic E-state index is 14.5. The highest BCUT2D eigenvalue weighted by atomic mass is 16.6. The number of aromatic amines is 1. The third-order valence-corrected chi connectivity index (χ3v) is 20.3. The summed E-state index contributed by atoms with van der Waals surface area (Å²) in [6, 6.07) is 24.9. The van der Waals surface area contributed by atoms with Gasteiger partial charge in [-0.25, -0.2) is 9.69 Å². The zero-order chi connectivity index (χ0) is 71.6. The van der Waals surface area contributed by atoms with Crippen LogP contribution in [0.4, 0.5) is 27.5 Å². The lowest BCUT2D eigenvalue weighted by Crippen LogP contribution is -2.55. The van der Waals surface area contributed by atoms with Gasteiger partial charge in [0.25, 0.3) is 11.8 Å². The number of aliphatic hydroxyl groups excluding tert-OH is 1. The molecule has 7 aliphatic rings. The van der Waals surface area contributed by atoms with Gasteiger partial charge in [0.05, 0.1) is 87.3 Å². The molecule has 5 aliphatic heterocycles. The Morgan fingerprint density at radius 2 is 1.27 bits per heavy atom. The van der Waals surface area contributed by atoms with Gasteiger partial charge < -0.3 is 70.1 Å². The molecule has 534 valence electrons. The molecule has 0 radical (unpaired) electrons. The summed E-state index contributed by atoms with van der Waals surface area (Å²) in [6.07, 6.45) is 6.59. The van der Waals surface area contributed by atoms with Gasteiger partial charge >= 0.3 is 6.09 Å². The van der Waals surface area contributed by atoms with Crippen LogP contribution in [-0.2, 0) is 46.7 Å². The van der Waals surface area contributed by atoms with Crippen molar-refractivity contribution >= 4 is 82.3 Å². The van der Waals surface area contributed by atoms with E-state index in [0.29, 0.717) is 95.5 Å². The number of amides is 9. The van der Waals surface area contributed by atoms with Gasteiger partial charge in [0.2, 0.25) is 35.4 Å². The minimum absolute atomic E-state index is 0.0168. The maximum atomic E-state index is 14.5. The van der Waals surface area contributed by atoms with Crippen LogP contribution in [0.25, 0.3) is 22.5 Å². The number of methoxy groups -OCH3 is 2. The fourth-order valence-electron chi connectivity index (χ4n) is 14.2. The average molecular weight is 1390 g/mol. The summed E-state index contributed by atoms with van der Waals surface area (Å²) < 4.78 is 29.8. The molecule has 2 spiro atoms. The van der Waals surface area contributed by atoms with Gasteiger partial charge in [-0.2, -0.15) is 15.4 Å². The molecule has 5 aromatic carbocycles. The number of H-pyrrole nitrogens is 1. The number of aromatic nitrogens is 3. The predicted octanol–water partition coefficient (Wildman–Crippen LogP) is 7.11. The molecule has 102 heavy (non-hydrogen) atoms. The van der Waals surface area contributed by atoms with Gasteiger partial charge in [-0.3, -0.25) is 43.3 Å². The Hall–Kier alpha value is -10.9. The van der Waals surface area contributed by atoms with Crippen LogP contribution in [0.2, 0.25) is 0 Å². The van der Waals surface area contributed by atoms with E-state index in [2.05, 4.69) is 42.0 Å². The topological polar surface area (TPSA) is 347 Å². The van der Waals surface area contributed by atoms with Crippen molar-refractivity contribution in [1.82, 2.24) is 46.5 Å². The monoisotopic (exact) mass is 1390 g/mol. The van der Waals surface area contributed by atoms with Gasteiger partial charge in [-0.1, -0.05) is 68.4 Å². The fourth-order valence-corrected chi connectivity index (χ4v) is 14.2. The highest BCUT2D eigenvalue weighted by molar-refractivity contribution is 6.07. The third-order valence-electron chi connectivity index (χ3n) is 20.3. The molecule has 6 heterocycles. The number of carbonyl (C=O) groups is 9. The molecular weight excluding hydrogens is 1310 g/mol. The number of nitrogens with one attached hydrogen (secondary N) is 6. The quantitative estimate of drug-likeness (QED) is 0.0281. The van der Waals surface area contributed by atoms with E-state index >= 15 is 0 Å². The van der Waals surface area contributed by atoms with E-state index in [1.807, 2.05) is 59.6 Å².